The fourth-order valence-corrected chi connectivity index (χ4v) is 3.45. The van der Waals surface area contributed by atoms with E-state index in [0.717, 1.165) is 17.7 Å². The molecule has 4 aromatic rings. The summed E-state index contributed by atoms with van der Waals surface area (Å²) >= 11 is 0. The van der Waals surface area contributed by atoms with Crippen molar-refractivity contribution in [3.63, 3.8) is 0 Å². The van der Waals surface area contributed by atoms with E-state index in [-0.39, 0.29) is 23.7 Å². The van der Waals surface area contributed by atoms with E-state index in [0.29, 0.717) is 16.9 Å². The van der Waals surface area contributed by atoms with E-state index in [1.807, 2.05) is 6.07 Å². The Morgan fingerprint density at radius 1 is 0.882 bits per heavy atom. The fourth-order valence-electron chi connectivity index (χ4n) is 3.45. The lowest BCUT2D eigenvalue weighted by Crippen LogP contribution is -2.31. The molecule has 1 heterocycles. The van der Waals surface area contributed by atoms with Gasteiger partial charge in [0.05, 0.1) is 17.9 Å². The summed E-state index contributed by atoms with van der Waals surface area (Å²) in [6.07, 6.45) is 1.57. The molecule has 0 aliphatic carbocycles. The molecule has 4 rings (SSSR count). The van der Waals surface area contributed by atoms with Gasteiger partial charge in [0.2, 0.25) is 0 Å². The molecule has 170 valence electrons. The van der Waals surface area contributed by atoms with Crippen LogP contribution >= 0.6 is 0 Å². The van der Waals surface area contributed by atoms with Crippen LogP contribution in [-0.2, 0) is 6.54 Å². The van der Waals surface area contributed by atoms with Gasteiger partial charge in [-0.2, -0.15) is 0 Å². The first-order chi connectivity index (χ1) is 16.4. The zero-order valence-electron chi connectivity index (χ0n) is 18.3. The van der Waals surface area contributed by atoms with Crippen LogP contribution in [0.3, 0.4) is 0 Å². The number of rotatable bonds is 6. The molecule has 0 fully saturated rings. The number of nitrogens with one attached hydrogen (secondary N) is 1. The normalized spacial score (nSPS) is 10.6. The summed E-state index contributed by atoms with van der Waals surface area (Å²) in [5.41, 5.74) is 2.37. The van der Waals surface area contributed by atoms with Crippen molar-refractivity contribution in [1.82, 2.24) is 4.98 Å². The highest BCUT2D eigenvalue weighted by atomic mass is 19.1. The van der Waals surface area contributed by atoms with Gasteiger partial charge in [-0.05, 0) is 61.0 Å². The molecule has 7 heteroatoms. The highest BCUT2D eigenvalue weighted by Crippen LogP contribution is 2.26. The number of hydrogen-bond donors (Lipinski definition) is 1. The van der Waals surface area contributed by atoms with E-state index in [2.05, 4.69) is 10.3 Å². The van der Waals surface area contributed by atoms with Crippen LogP contribution in [0.2, 0.25) is 0 Å². The molecule has 5 nitrogen and oxygen atoms in total. The van der Waals surface area contributed by atoms with Crippen molar-refractivity contribution in [3.8, 4) is 0 Å². The molecule has 1 aromatic heterocycles. The number of nitrogens with zero attached hydrogens (tertiary/aromatic N) is 2. The topological polar surface area (TPSA) is 62.3 Å². The summed E-state index contributed by atoms with van der Waals surface area (Å²) in [6, 6.07) is 21.8. The number of aromatic nitrogens is 1. The fraction of sp³-hybridized carbons (Fsp3) is 0.0741. The van der Waals surface area contributed by atoms with E-state index in [1.165, 1.54) is 11.0 Å². The molecule has 1 N–H and O–H groups in total. The first kappa shape index (κ1) is 22.8. The Morgan fingerprint density at radius 3 is 2.35 bits per heavy atom. The number of halogens is 2. The second-order valence-electron chi connectivity index (χ2n) is 7.66. The quantitative estimate of drug-likeness (QED) is 0.400. The number of carbonyl (C=O) groups excluding carboxylic acids is 2. The zero-order chi connectivity index (χ0) is 24.1. The summed E-state index contributed by atoms with van der Waals surface area (Å²) in [5.74, 6) is -2.45. The third-order valence-electron chi connectivity index (χ3n) is 5.26. The number of aryl methyl sites for hydroxylation is 1. The number of hydrogen-bond acceptors (Lipinski definition) is 3. The lowest BCUT2D eigenvalue weighted by molar-refractivity contribution is 0.0981. The molecular weight excluding hydrogens is 436 g/mol. The molecule has 0 aliphatic heterocycles. The Labute approximate surface area is 195 Å². The maximum Gasteiger partial charge on any atom is 0.258 e. The average Bonchev–Trinajstić information content (AvgIpc) is 2.85. The molecule has 0 radical (unpaired) electrons. The lowest BCUT2D eigenvalue weighted by atomic mass is 10.1. The lowest BCUT2D eigenvalue weighted by Gasteiger charge is -2.24. The van der Waals surface area contributed by atoms with Crippen molar-refractivity contribution < 1.29 is 18.4 Å². The van der Waals surface area contributed by atoms with Gasteiger partial charge in [-0.1, -0.05) is 30.3 Å². The molecule has 3 aromatic carbocycles. The maximum absolute atomic E-state index is 14.7. The van der Waals surface area contributed by atoms with Gasteiger partial charge in [0.1, 0.15) is 11.6 Å². The molecule has 2 amide bonds. The van der Waals surface area contributed by atoms with E-state index < -0.39 is 17.5 Å². The first-order valence-corrected chi connectivity index (χ1v) is 10.6. The Morgan fingerprint density at radius 2 is 1.65 bits per heavy atom. The van der Waals surface area contributed by atoms with E-state index in [1.54, 1.807) is 73.8 Å². The van der Waals surface area contributed by atoms with Gasteiger partial charge in [-0.3, -0.25) is 19.5 Å². The van der Waals surface area contributed by atoms with Gasteiger partial charge >= 0.3 is 0 Å². The molecule has 0 saturated heterocycles. The second kappa shape index (κ2) is 10.0. The molecule has 0 saturated carbocycles. The van der Waals surface area contributed by atoms with Crippen LogP contribution in [0.1, 0.15) is 32.0 Å². The minimum Gasteiger partial charge on any atom is -0.322 e. The minimum absolute atomic E-state index is 0.0260. The first-order valence-electron chi connectivity index (χ1n) is 10.6. The number of carbonyl (C=O) groups is 2. The molecule has 0 aliphatic rings. The maximum atomic E-state index is 14.7. The smallest absolute Gasteiger partial charge is 0.258 e. The van der Waals surface area contributed by atoms with E-state index in [9.17, 15) is 18.4 Å². The summed E-state index contributed by atoms with van der Waals surface area (Å²) in [7, 11) is 0. The number of amides is 2. The van der Waals surface area contributed by atoms with Crippen LogP contribution in [0.5, 0.6) is 0 Å². The van der Waals surface area contributed by atoms with E-state index >= 15 is 0 Å². The van der Waals surface area contributed by atoms with Crippen LogP contribution < -0.4 is 10.2 Å². The van der Waals surface area contributed by atoms with Crippen molar-refractivity contribution in [3.05, 3.63) is 125 Å². The van der Waals surface area contributed by atoms with Gasteiger partial charge in [-0.15, -0.1) is 0 Å². The largest absolute Gasteiger partial charge is 0.322 e. The molecule has 0 spiro atoms. The number of anilines is 2. The third kappa shape index (κ3) is 5.15. The van der Waals surface area contributed by atoms with Gasteiger partial charge in [0.25, 0.3) is 11.8 Å². The predicted octanol–water partition coefficient (Wildman–Crippen LogP) is 5.77. The van der Waals surface area contributed by atoms with Crippen molar-refractivity contribution in [2.45, 2.75) is 13.5 Å². The highest BCUT2D eigenvalue weighted by Gasteiger charge is 2.23. The summed E-state index contributed by atoms with van der Waals surface area (Å²) in [4.78, 5) is 31.6. The average molecular weight is 457 g/mol. The minimum atomic E-state index is -0.867. The molecule has 0 atom stereocenters. The van der Waals surface area contributed by atoms with Crippen LogP contribution in [0, 0.1) is 18.6 Å². The molecular formula is C27H21F2N3O2. The summed E-state index contributed by atoms with van der Waals surface area (Å²) < 4.78 is 28.2. The van der Waals surface area contributed by atoms with Crippen LogP contribution in [0.25, 0.3) is 0 Å². The predicted molar refractivity (Wildman–Crippen MR) is 127 cm³/mol. The number of benzene rings is 3. The Bertz CT molecular complexity index is 1330. The Kier molecular flexibility index (Phi) is 6.73. The summed E-state index contributed by atoms with van der Waals surface area (Å²) in [6.45, 7) is 1.78. The van der Waals surface area contributed by atoms with E-state index in [4.69, 9.17) is 0 Å². The second-order valence-corrected chi connectivity index (χ2v) is 7.66. The monoisotopic (exact) mass is 457 g/mol. The summed E-state index contributed by atoms with van der Waals surface area (Å²) in [5, 5.41) is 2.82. The van der Waals surface area contributed by atoms with Crippen LogP contribution in [0.4, 0.5) is 20.2 Å². The van der Waals surface area contributed by atoms with Gasteiger partial charge in [-0.25, -0.2) is 8.78 Å². The SMILES string of the molecule is Cc1ccc(C(=O)N(Cc2ccccn2)c2ccc(F)cc2F)cc1NC(=O)c1ccccc1. The molecule has 0 bridgehead atoms. The van der Waals surface area contributed by atoms with Crippen molar-refractivity contribution in [1.29, 1.82) is 0 Å². The van der Waals surface area contributed by atoms with Gasteiger partial charge < -0.3 is 5.32 Å². The van der Waals surface area contributed by atoms with Crippen molar-refractivity contribution >= 4 is 23.2 Å². The molecule has 0 unspecified atom stereocenters. The van der Waals surface area contributed by atoms with Crippen LogP contribution in [-0.4, -0.2) is 16.8 Å². The Hall–Kier alpha value is -4.39. The van der Waals surface area contributed by atoms with Crippen molar-refractivity contribution in [2.24, 2.45) is 0 Å². The zero-order valence-corrected chi connectivity index (χ0v) is 18.3. The van der Waals surface area contributed by atoms with Gasteiger partial charge in [0, 0.05) is 29.1 Å². The van der Waals surface area contributed by atoms with Crippen molar-refractivity contribution in [2.75, 3.05) is 10.2 Å². The highest BCUT2D eigenvalue weighted by molar-refractivity contribution is 6.08. The number of pyridine rings is 1. The third-order valence-corrected chi connectivity index (χ3v) is 5.26. The Balaban J connectivity index is 1.68. The molecule has 34 heavy (non-hydrogen) atoms. The standard InChI is InChI=1S/C27H21F2N3O2/c1-18-10-11-20(15-24(18)31-26(33)19-7-3-2-4-8-19)27(34)32(17-22-9-5-6-14-30-22)25-13-12-21(28)16-23(25)29/h2-16H,17H2,1H3,(H,31,33). The van der Waals surface area contributed by atoms with Crippen LogP contribution in [0.15, 0.2) is 91.1 Å². The van der Waals surface area contributed by atoms with Gasteiger partial charge in [0.15, 0.2) is 0 Å².